The first kappa shape index (κ1) is 15.7. The molecule has 114 valence electrons. The van der Waals surface area contributed by atoms with E-state index in [0.29, 0.717) is 6.54 Å². The van der Waals surface area contributed by atoms with Crippen LogP contribution in [-0.2, 0) is 4.79 Å². The predicted octanol–water partition coefficient (Wildman–Crippen LogP) is 2.22. The number of nitrogens with one attached hydrogen (secondary N) is 2. The highest BCUT2D eigenvalue weighted by molar-refractivity contribution is 7.99. The van der Waals surface area contributed by atoms with Crippen molar-refractivity contribution < 1.29 is 9.59 Å². The van der Waals surface area contributed by atoms with E-state index in [1.165, 1.54) is 4.90 Å². The van der Waals surface area contributed by atoms with Crippen LogP contribution in [0.15, 0.2) is 29.2 Å². The highest BCUT2D eigenvalue weighted by Crippen LogP contribution is 2.33. The summed E-state index contributed by atoms with van der Waals surface area (Å²) in [5, 5.41) is 5.06. The average Bonchev–Trinajstić information content (AvgIpc) is 2.48. The van der Waals surface area contributed by atoms with Crippen LogP contribution in [0.2, 0.25) is 0 Å². The smallest absolute Gasteiger partial charge is 0.321 e. The normalized spacial score (nSPS) is 13.5. The molecule has 0 saturated carbocycles. The maximum Gasteiger partial charge on any atom is 0.321 e. The van der Waals surface area contributed by atoms with Gasteiger partial charge in [0, 0.05) is 23.7 Å². The Balaban J connectivity index is 1.85. The highest BCUT2D eigenvalue weighted by Gasteiger charge is 2.19. The number of benzene rings is 1. The Hall–Kier alpha value is -1.69. The summed E-state index contributed by atoms with van der Waals surface area (Å²) in [6, 6.07) is 7.62. The molecular weight excluding hydrogens is 286 g/mol. The van der Waals surface area contributed by atoms with Crippen LogP contribution in [-0.4, -0.2) is 37.3 Å². The number of anilines is 1. The molecule has 1 aromatic rings. The van der Waals surface area contributed by atoms with E-state index in [2.05, 4.69) is 23.6 Å². The van der Waals surface area contributed by atoms with Gasteiger partial charge in [-0.3, -0.25) is 10.1 Å². The molecule has 0 atom stereocenters. The fourth-order valence-electron chi connectivity index (χ4n) is 2.15. The first-order valence-corrected chi connectivity index (χ1v) is 8.23. The van der Waals surface area contributed by atoms with Crippen LogP contribution < -0.4 is 15.5 Å². The largest absolute Gasteiger partial charge is 0.360 e. The third-order valence-electron chi connectivity index (χ3n) is 3.23. The highest BCUT2D eigenvalue weighted by atomic mass is 32.2. The number of amides is 3. The summed E-state index contributed by atoms with van der Waals surface area (Å²) < 4.78 is 0. The lowest BCUT2D eigenvalue weighted by Crippen LogP contribution is -2.45. The van der Waals surface area contributed by atoms with Crippen molar-refractivity contribution >= 4 is 29.4 Å². The van der Waals surface area contributed by atoms with Gasteiger partial charge in [0.25, 0.3) is 0 Å². The summed E-state index contributed by atoms with van der Waals surface area (Å²) in [6.45, 7) is 3.67. The zero-order valence-electron chi connectivity index (χ0n) is 12.2. The molecule has 0 fully saturated rings. The van der Waals surface area contributed by atoms with Gasteiger partial charge in [0.1, 0.15) is 0 Å². The van der Waals surface area contributed by atoms with E-state index in [1.54, 1.807) is 11.8 Å². The van der Waals surface area contributed by atoms with Crippen LogP contribution in [0.25, 0.3) is 0 Å². The van der Waals surface area contributed by atoms with Gasteiger partial charge >= 0.3 is 6.03 Å². The van der Waals surface area contributed by atoms with E-state index in [1.807, 2.05) is 23.1 Å². The molecule has 0 radical (unpaired) electrons. The Bertz CT molecular complexity index is 507. The van der Waals surface area contributed by atoms with Gasteiger partial charge in [-0.15, -0.1) is 11.8 Å². The van der Waals surface area contributed by atoms with Gasteiger partial charge < -0.3 is 10.2 Å². The molecule has 1 aliphatic rings. The van der Waals surface area contributed by atoms with Crippen LogP contribution in [0.3, 0.4) is 0 Å². The summed E-state index contributed by atoms with van der Waals surface area (Å²) in [7, 11) is 0. The molecule has 6 heteroatoms. The number of thioether (sulfide) groups is 1. The van der Waals surface area contributed by atoms with Gasteiger partial charge in [0.15, 0.2) is 0 Å². The van der Waals surface area contributed by atoms with Gasteiger partial charge in [-0.2, -0.15) is 0 Å². The minimum atomic E-state index is -0.409. The third kappa shape index (κ3) is 4.67. The number of carbonyl (C=O) groups excluding carboxylic acids is 2. The molecule has 0 aromatic heterocycles. The zero-order chi connectivity index (χ0) is 15.1. The van der Waals surface area contributed by atoms with Crippen molar-refractivity contribution in [3.8, 4) is 0 Å². The number of urea groups is 1. The van der Waals surface area contributed by atoms with Gasteiger partial charge in [-0.05, 0) is 18.6 Å². The third-order valence-corrected chi connectivity index (χ3v) is 4.27. The Morgan fingerprint density at radius 3 is 2.95 bits per heavy atom. The first-order valence-electron chi connectivity index (χ1n) is 7.25. The SMILES string of the molecule is CCCCNC(=O)NC(=O)CN1CCSc2ccccc21. The standard InChI is InChI=1S/C15H21N3O2S/c1-2-3-8-16-15(20)17-14(19)11-18-9-10-21-13-7-5-4-6-12(13)18/h4-7H,2-3,8-11H2,1H3,(H2,16,17,19,20). The molecule has 5 nitrogen and oxygen atoms in total. The molecule has 0 unspecified atom stereocenters. The number of hydrogen-bond donors (Lipinski definition) is 2. The Morgan fingerprint density at radius 1 is 1.33 bits per heavy atom. The summed E-state index contributed by atoms with van der Waals surface area (Å²) >= 11 is 1.79. The number of hydrogen-bond acceptors (Lipinski definition) is 4. The van der Waals surface area contributed by atoms with Crippen molar-refractivity contribution in [1.82, 2.24) is 10.6 Å². The maximum absolute atomic E-state index is 11.9. The Labute approximate surface area is 129 Å². The fraction of sp³-hybridized carbons (Fsp3) is 0.467. The molecule has 0 bridgehead atoms. The molecule has 1 heterocycles. The molecule has 0 aliphatic carbocycles. The topological polar surface area (TPSA) is 61.4 Å². The van der Waals surface area contributed by atoms with Crippen molar-refractivity contribution in [2.75, 3.05) is 30.3 Å². The summed E-state index contributed by atoms with van der Waals surface area (Å²) in [5.41, 5.74) is 1.07. The maximum atomic E-state index is 11.9. The van der Waals surface area contributed by atoms with E-state index < -0.39 is 6.03 Å². The predicted molar refractivity (Wildman–Crippen MR) is 85.8 cm³/mol. The van der Waals surface area contributed by atoms with E-state index in [4.69, 9.17) is 0 Å². The second-order valence-electron chi connectivity index (χ2n) is 4.90. The van der Waals surface area contributed by atoms with Gasteiger partial charge in [0.2, 0.25) is 5.91 Å². The van der Waals surface area contributed by atoms with Gasteiger partial charge in [-0.1, -0.05) is 25.5 Å². The van der Waals surface area contributed by atoms with Crippen LogP contribution in [0.1, 0.15) is 19.8 Å². The molecule has 1 aliphatic heterocycles. The minimum Gasteiger partial charge on any atom is -0.360 e. The Morgan fingerprint density at radius 2 is 2.14 bits per heavy atom. The average molecular weight is 307 g/mol. The van der Waals surface area contributed by atoms with Crippen LogP contribution >= 0.6 is 11.8 Å². The second kappa shape index (κ2) is 7.93. The molecule has 1 aromatic carbocycles. The molecule has 21 heavy (non-hydrogen) atoms. The number of unbranched alkanes of at least 4 members (excludes halogenated alkanes) is 1. The number of fused-ring (bicyclic) bond motifs is 1. The number of nitrogens with zero attached hydrogens (tertiary/aromatic N) is 1. The molecule has 0 saturated heterocycles. The number of para-hydroxylation sites is 1. The molecular formula is C15H21N3O2S. The number of carbonyl (C=O) groups is 2. The molecule has 0 spiro atoms. The van der Waals surface area contributed by atoms with Crippen LogP contribution in [0, 0.1) is 0 Å². The molecule has 3 amide bonds. The van der Waals surface area contributed by atoms with E-state index in [-0.39, 0.29) is 12.5 Å². The van der Waals surface area contributed by atoms with Crippen LogP contribution in [0.5, 0.6) is 0 Å². The Kier molecular flexibility index (Phi) is 5.92. The van der Waals surface area contributed by atoms with E-state index >= 15 is 0 Å². The quantitative estimate of drug-likeness (QED) is 0.819. The summed E-state index contributed by atoms with van der Waals surface area (Å²) in [4.78, 5) is 26.7. The summed E-state index contributed by atoms with van der Waals surface area (Å²) in [5.74, 6) is 0.679. The number of imide groups is 1. The number of rotatable bonds is 5. The van der Waals surface area contributed by atoms with Crippen molar-refractivity contribution in [2.24, 2.45) is 0 Å². The van der Waals surface area contributed by atoms with E-state index in [9.17, 15) is 9.59 Å². The van der Waals surface area contributed by atoms with Crippen molar-refractivity contribution in [3.63, 3.8) is 0 Å². The molecule has 2 rings (SSSR count). The minimum absolute atomic E-state index is 0.207. The second-order valence-corrected chi connectivity index (χ2v) is 6.03. The van der Waals surface area contributed by atoms with Crippen molar-refractivity contribution in [1.29, 1.82) is 0 Å². The summed E-state index contributed by atoms with van der Waals surface area (Å²) in [6.07, 6.45) is 1.93. The zero-order valence-corrected chi connectivity index (χ0v) is 13.0. The van der Waals surface area contributed by atoms with E-state index in [0.717, 1.165) is 30.8 Å². The van der Waals surface area contributed by atoms with Gasteiger partial charge in [0.05, 0.1) is 12.2 Å². The monoisotopic (exact) mass is 307 g/mol. The molecule has 2 N–H and O–H groups in total. The van der Waals surface area contributed by atoms with Crippen molar-refractivity contribution in [3.05, 3.63) is 24.3 Å². The first-order chi connectivity index (χ1) is 10.2. The lowest BCUT2D eigenvalue weighted by molar-refractivity contribution is -0.118. The lowest BCUT2D eigenvalue weighted by atomic mass is 10.2. The fourth-order valence-corrected chi connectivity index (χ4v) is 3.20. The lowest BCUT2D eigenvalue weighted by Gasteiger charge is -2.30. The van der Waals surface area contributed by atoms with Gasteiger partial charge in [-0.25, -0.2) is 4.79 Å². The van der Waals surface area contributed by atoms with Crippen LogP contribution in [0.4, 0.5) is 10.5 Å². The van der Waals surface area contributed by atoms with Crippen molar-refractivity contribution in [2.45, 2.75) is 24.7 Å².